The molecule has 1 aromatic rings. The zero-order chi connectivity index (χ0) is 20.1. The van der Waals surface area contributed by atoms with Gasteiger partial charge in [0.25, 0.3) is 0 Å². The van der Waals surface area contributed by atoms with Gasteiger partial charge in [-0.3, -0.25) is 14.5 Å². The molecule has 8 nitrogen and oxygen atoms in total. The van der Waals surface area contributed by atoms with Gasteiger partial charge in [-0.2, -0.15) is 11.8 Å². The quantitative estimate of drug-likeness (QED) is 0.704. The van der Waals surface area contributed by atoms with Crippen LogP contribution in [-0.4, -0.2) is 79.8 Å². The molecule has 2 N–H and O–H groups in total. The minimum atomic E-state index is -0.677. The summed E-state index contributed by atoms with van der Waals surface area (Å²) in [7, 11) is 0. The van der Waals surface area contributed by atoms with E-state index in [4.69, 9.17) is 14.2 Å². The van der Waals surface area contributed by atoms with E-state index in [1.54, 1.807) is 18.2 Å². The standard InChI is InChI=1S/C20H27N3O5S/c24-18(19(25)22-15-1-2-16-17(13-15)28-10-9-27-16)21-14-20(3-11-29-12-4-20)23-5-7-26-8-6-23/h1-2,13H,3-12,14H2,(H,21,24)(H,22,25). The van der Waals surface area contributed by atoms with Gasteiger partial charge in [-0.1, -0.05) is 0 Å². The van der Waals surface area contributed by atoms with Gasteiger partial charge in [0, 0.05) is 36.9 Å². The van der Waals surface area contributed by atoms with Crippen LogP contribution in [0.15, 0.2) is 18.2 Å². The maximum Gasteiger partial charge on any atom is 0.313 e. The summed E-state index contributed by atoms with van der Waals surface area (Å²) in [6.07, 6.45) is 2.00. The summed E-state index contributed by atoms with van der Waals surface area (Å²) in [6.45, 7) is 4.60. The predicted octanol–water partition coefficient (Wildman–Crippen LogP) is 1.11. The normalized spacial score (nSPS) is 21.2. The molecule has 0 spiro atoms. The monoisotopic (exact) mass is 421 g/mol. The number of nitrogens with one attached hydrogen (secondary N) is 2. The number of carbonyl (C=O) groups excluding carboxylic acids is 2. The fraction of sp³-hybridized carbons (Fsp3) is 0.600. The number of hydrogen-bond donors (Lipinski definition) is 2. The summed E-state index contributed by atoms with van der Waals surface area (Å²) in [4.78, 5) is 27.3. The molecule has 3 aliphatic rings. The lowest BCUT2D eigenvalue weighted by molar-refractivity contribution is -0.136. The number of amides is 2. The summed E-state index contributed by atoms with van der Waals surface area (Å²) in [5.41, 5.74) is 0.411. The topological polar surface area (TPSA) is 89.1 Å². The van der Waals surface area contributed by atoms with Gasteiger partial charge in [0.1, 0.15) is 13.2 Å². The fourth-order valence-corrected chi connectivity index (χ4v) is 5.28. The Labute approximate surface area is 174 Å². The van der Waals surface area contributed by atoms with Crippen molar-refractivity contribution in [3.63, 3.8) is 0 Å². The zero-order valence-electron chi connectivity index (χ0n) is 16.4. The second-order valence-electron chi connectivity index (χ2n) is 7.43. The molecule has 3 aliphatic heterocycles. The molecule has 2 amide bonds. The van der Waals surface area contributed by atoms with Crippen LogP contribution in [-0.2, 0) is 14.3 Å². The lowest BCUT2D eigenvalue weighted by Gasteiger charge is -2.47. The first-order chi connectivity index (χ1) is 14.2. The SMILES string of the molecule is O=C(NCC1(N2CCOCC2)CCSCC1)C(=O)Nc1ccc2c(c1)OCCO2. The average molecular weight is 422 g/mol. The fourth-order valence-electron chi connectivity index (χ4n) is 4.03. The number of anilines is 1. The number of ether oxygens (including phenoxy) is 3. The van der Waals surface area contributed by atoms with Crippen LogP contribution in [0.2, 0.25) is 0 Å². The van der Waals surface area contributed by atoms with Gasteiger partial charge in [-0.15, -0.1) is 0 Å². The number of fused-ring (bicyclic) bond motifs is 1. The van der Waals surface area contributed by atoms with Crippen molar-refractivity contribution in [1.82, 2.24) is 10.2 Å². The maximum atomic E-state index is 12.5. The maximum absolute atomic E-state index is 12.5. The molecule has 4 rings (SSSR count). The number of hydrogen-bond acceptors (Lipinski definition) is 7. The smallest absolute Gasteiger partial charge is 0.313 e. The van der Waals surface area contributed by atoms with E-state index < -0.39 is 11.8 Å². The van der Waals surface area contributed by atoms with Crippen LogP contribution in [0.1, 0.15) is 12.8 Å². The molecule has 0 aliphatic carbocycles. The van der Waals surface area contributed by atoms with E-state index >= 15 is 0 Å². The summed E-state index contributed by atoms with van der Waals surface area (Å²) in [5, 5.41) is 5.52. The lowest BCUT2D eigenvalue weighted by atomic mass is 9.89. The van der Waals surface area contributed by atoms with Crippen LogP contribution >= 0.6 is 11.8 Å². The minimum Gasteiger partial charge on any atom is -0.486 e. The number of carbonyl (C=O) groups is 2. The molecule has 9 heteroatoms. The van der Waals surface area contributed by atoms with Crippen LogP contribution in [0.4, 0.5) is 5.69 Å². The summed E-state index contributed by atoms with van der Waals surface area (Å²) in [6, 6.07) is 5.11. The third kappa shape index (κ3) is 4.79. The van der Waals surface area contributed by atoms with Crippen molar-refractivity contribution in [1.29, 1.82) is 0 Å². The Kier molecular flexibility index (Phi) is 6.46. The number of thioether (sulfide) groups is 1. The van der Waals surface area contributed by atoms with Crippen LogP contribution in [0, 0.1) is 0 Å². The van der Waals surface area contributed by atoms with Crippen LogP contribution in [0.5, 0.6) is 11.5 Å². The van der Waals surface area contributed by atoms with E-state index in [9.17, 15) is 9.59 Å². The van der Waals surface area contributed by atoms with E-state index in [0.29, 0.717) is 50.2 Å². The van der Waals surface area contributed by atoms with Crippen molar-refractivity contribution < 1.29 is 23.8 Å². The molecule has 0 aromatic heterocycles. The first-order valence-corrected chi connectivity index (χ1v) is 11.2. The van der Waals surface area contributed by atoms with Crippen molar-refractivity contribution in [2.75, 3.05) is 62.9 Å². The highest BCUT2D eigenvalue weighted by molar-refractivity contribution is 7.99. The lowest BCUT2D eigenvalue weighted by Crippen LogP contribution is -2.61. The first kappa shape index (κ1) is 20.3. The molecular weight excluding hydrogens is 394 g/mol. The number of nitrogens with zero attached hydrogens (tertiary/aromatic N) is 1. The molecule has 158 valence electrons. The van der Waals surface area contributed by atoms with E-state index in [1.165, 1.54) is 0 Å². The average Bonchev–Trinajstić information content (AvgIpc) is 2.78. The first-order valence-electron chi connectivity index (χ1n) is 10.1. The number of morpholine rings is 1. The van der Waals surface area contributed by atoms with Gasteiger partial charge in [0.15, 0.2) is 11.5 Å². The van der Waals surface area contributed by atoms with Crippen LogP contribution in [0.25, 0.3) is 0 Å². The van der Waals surface area contributed by atoms with Crippen molar-refractivity contribution in [2.45, 2.75) is 18.4 Å². The van der Waals surface area contributed by atoms with E-state index in [0.717, 1.165) is 37.4 Å². The van der Waals surface area contributed by atoms with Crippen molar-refractivity contribution in [3.05, 3.63) is 18.2 Å². The van der Waals surface area contributed by atoms with E-state index in [2.05, 4.69) is 15.5 Å². The highest BCUT2D eigenvalue weighted by Gasteiger charge is 2.39. The Morgan fingerprint density at radius 2 is 1.72 bits per heavy atom. The Morgan fingerprint density at radius 3 is 2.48 bits per heavy atom. The molecule has 29 heavy (non-hydrogen) atoms. The third-order valence-electron chi connectivity index (χ3n) is 5.69. The molecule has 2 fully saturated rings. The van der Waals surface area contributed by atoms with Gasteiger partial charge in [-0.05, 0) is 36.5 Å². The van der Waals surface area contributed by atoms with Gasteiger partial charge < -0.3 is 24.8 Å². The van der Waals surface area contributed by atoms with Gasteiger partial charge in [0.05, 0.1) is 13.2 Å². The van der Waals surface area contributed by atoms with E-state index in [1.807, 2.05) is 11.8 Å². The number of rotatable bonds is 4. The van der Waals surface area contributed by atoms with Crippen LogP contribution in [0.3, 0.4) is 0 Å². The molecule has 3 heterocycles. The second kappa shape index (κ2) is 9.23. The molecule has 0 unspecified atom stereocenters. The highest BCUT2D eigenvalue weighted by atomic mass is 32.2. The molecular formula is C20H27N3O5S. The van der Waals surface area contributed by atoms with Gasteiger partial charge >= 0.3 is 11.8 Å². The van der Waals surface area contributed by atoms with Crippen molar-refractivity contribution in [3.8, 4) is 11.5 Å². The van der Waals surface area contributed by atoms with E-state index in [-0.39, 0.29) is 5.54 Å². The Bertz CT molecular complexity index is 748. The van der Waals surface area contributed by atoms with Gasteiger partial charge in [-0.25, -0.2) is 0 Å². The molecule has 0 atom stereocenters. The summed E-state index contributed by atoms with van der Waals surface area (Å²) in [5.74, 6) is 2.05. The third-order valence-corrected chi connectivity index (χ3v) is 6.68. The van der Waals surface area contributed by atoms with Gasteiger partial charge in [0.2, 0.25) is 0 Å². The van der Waals surface area contributed by atoms with Crippen LogP contribution < -0.4 is 20.1 Å². The Morgan fingerprint density at radius 1 is 1.00 bits per heavy atom. The summed E-state index contributed by atoms with van der Waals surface area (Å²) < 4.78 is 16.5. The highest BCUT2D eigenvalue weighted by Crippen LogP contribution is 2.33. The molecule has 1 aromatic carbocycles. The minimum absolute atomic E-state index is 0.0953. The Hall–Kier alpha value is -1.97. The molecule has 0 radical (unpaired) electrons. The predicted molar refractivity (Wildman–Crippen MR) is 111 cm³/mol. The second-order valence-corrected chi connectivity index (χ2v) is 8.66. The summed E-state index contributed by atoms with van der Waals surface area (Å²) >= 11 is 1.94. The van der Waals surface area contributed by atoms with Crippen molar-refractivity contribution >= 4 is 29.3 Å². The molecule has 0 bridgehead atoms. The zero-order valence-corrected chi connectivity index (χ0v) is 17.2. The van der Waals surface area contributed by atoms with Crippen molar-refractivity contribution in [2.24, 2.45) is 0 Å². The largest absolute Gasteiger partial charge is 0.486 e. The Balaban J connectivity index is 1.35. The number of benzene rings is 1. The molecule has 2 saturated heterocycles. The molecule has 0 saturated carbocycles.